The maximum atomic E-state index is 2.44. The zero-order valence-corrected chi connectivity index (χ0v) is 22.7. The molecule has 0 heteroatoms. The van der Waals surface area contributed by atoms with Gasteiger partial charge in [0.25, 0.3) is 0 Å². The standard InChI is InChI=1S/C31H48/c1-21(19-22-15-14-16-23(20-22)28(2,3)4)24-17-18-25(29(5,6)7)27(31(11,12)13)26(24)30(8,9)10/h14-18,20-21H,19H2,1-13H3. The van der Waals surface area contributed by atoms with Crippen molar-refractivity contribution >= 4 is 0 Å². The third-order valence-corrected chi connectivity index (χ3v) is 6.41. The first-order chi connectivity index (χ1) is 13.8. The molecule has 0 N–H and O–H groups in total. The lowest BCUT2D eigenvalue weighted by Gasteiger charge is -2.39. The van der Waals surface area contributed by atoms with Gasteiger partial charge in [0.15, 0.2) is 0 Å². The van der Waals surface area contributed by atoms with Crippen molar-refractivity contribution in [3.8, 4) is 0 Å². The minimum atomic E-state index is 0.0979. The van der Waals surface area contributed by atoms with E-state index in [1.165, 1.54) is 22.3 Å². The molecule has 0 heterocycles. The Morgan fingerprint density at radius 2 is 1.16 bits per heavy atom. The van der Waals surface area contributed by atoms with Crippen LogP contribution in [-0.4, -0.2) is 0 Å². The lowest BCUT2D eigenvalue weighted by Crippen LogP contribution is -2.30. The largest absolute Gasteiger partial charge is 0.0617 e. The molecule has 0 aliphatic carbocycles. The van der Waals surface area contributed by atoms with Crippen LogP contribution in [0.25, 0.3) is 0 Å². The molecule has 0 radical (unpaired) electrons. The molecular formula is C31H48. The third kappa shape index (κ3) is 6.03. The van der Waals surface area contributed by atoms with Crippen LogP contribution in [0.2, 0.25) is 0 Å². The van der Waals surface area contributed by atoms with Gasteiger partial charge in [0.05, 0.1) is 0 Å². The average Bonchev–Trinajstić information content (AvgIpc) is 2.57. The second-order valence-electron chi connectivity index (χ2n) is 13.8. The van der Waals surface area contributed by atoms with Crippen LogP contribution in [0.4, 0.5) is 0 Å². The molecule has 0 bridgehead atoms. The highest BCUT2D eigenvalue weighted by Gasteiger charge is 2.34. The lowest BCUT2D eigenvalue weighted by molar-refractivity contribution is 0.490. The predicted octanol–water partition coefficient (Wildman–Crippen LogP) is 9.22. The Labute approximate surface area is 193 Å². The maximum Gasteiger partial charge on any atom is -0.0126 e. The summed E-state index contributed by atoms with van der Waals surface area (Å²) in [5.74, 6) is 0.472. The smallest absolute Gasteiger partial charge is 0.0126 e. The van der Waals surface area contributed by atoms with E-state index in [2.05, 4.69) is 126 Å². The van der Waals surface area contributed by atoms with Crippen LogP contribution in [0.15, 0.2) is 36.4 Å². The minimum absolute atomic E-state index is 0.0979. The van der Waals surface area contributed by atoms with Gasteiger partial charge < -0.3 is 0 Å². The van der Waals surface area contributed by atoms with Crippen molar-refractivity contribution in [2.75, 3.05) is 0 Å². The second-order valence-corrected chi connectivity index (χ2v) is 13.8. The summed E-state index contributed by atoms with van der Waals surface area (Å²) >= 11 is 0. The van der Waals surface area contributed by atoms with Crippen LogP contribution in [-0.2, 0) is 28.1 Å². The minimum Gasteiger partial charge on any atom is -0.0617 e. The van der Waals surface area contributed by atoms with Crippen molar-refractivity contribution in [2.45, 2.75) is 124 Å². The van der Waals surface area contributed by atoms with E-state index < -0.39 is 0 Å². The highest BCUT2D eigenvalue weighted by molar-refractivity contribution is 5.52. The maximum absolute atomic E-state index is 2.44. The van der Waals surface area contributed by atoms with Gasteiger partial charge in [0, 0.05) is 0 Å². The quantitative estimate of drug-likeness (QED) is 0.464. The Bertz CT molecular complexity index is 899. The third-order valence-electron chi connectivity index (χ3n) is 6.41. The van der Waals surface area contributed by atoms with E-state index in [4.69, 9.17) is 0 Å². The first-order valence-corrected chi connectivity index (χ1v) is 12.1. The van der Waals surface area contributed by atoms with E-state index in [9.17, 15) is 0 Å². The summed E-state index contributed by atoms with van der Waals surface area (Å²) in [6.07, 6.45) is 1.07. The van der Waals surface area contributed by atoms with E-state index in [1.54, 1.807) is 11.1 Å². The Balaban J connectivity index is 2.66. The SMILES string of the molecule is CC(Cc1cccc(C(C)(C)C)c1)c1ccc(C(C)(C)C)c(C(C)(C)C)c1C(C)(C)C. The van der Waals surface area contributed by atoms with Crippen LogP contribution in [0.3, 0.4) is 0 Å². The molecule has 0 aliphatic rings. The molecule has 0 amide bonds. The van der Waals surface area contributed by atoms with Gasteiger partial charge in [-0.05, 0) is 67.4 Å². The van der Waals surface area contributed by atoms with Crippen LogP contribution in [0.1, 0.15) is 129 Å². The van der Waals surface area contributed by atoms with E-state index in [-0.39, 0.29) is 21.7 Å². The molecule has 0 aromatic heterocycles. The Morgan fingerprint density at radius 3 is 1.61 bits per heavy atom. The van der Waals surface area contributed by atoms with Crippen molar-refractivity contribution in [1.29, 1.82) is 0 Å². The Hall–Kier alpha value is -1.56. The van der Waals surface area contributed by atoms with E-state index in [0.29, 0.717) is 5.92 Å². The highest BCUT2D eigenvalue weighted by atomic mass is 14.4. The fourth-order valence-electron chi connectivity index (χ4n) is 4.87. The first-order valence-electron chi connectivity index (χ1n) is 12.1. The summed E-state index contributed by atoms with van der Waals surface area (Å²) in [5.41, 5.74) is 9.51. The Kier molecular flexibility index (Phi) is 6.98. The molecule has 2 rings (SSSR count). The average molecular weight is 421 g/mol. The number of hydrogen-bond donors (Lipinski definition) is 0. The topological polar surface area (TPSA) is 0 Å². The molecule has 0 fully saturated rings. The molecule has 1 atom stereocenters. The van der Waals surface area contributed by atoms with Gasteiger partial charge in [-0.2, -0.15) is 0 Å². The van der Waals surface area contributed by atoms with Gasteiger partial charge >= 0.3 is 0 Å². The monoisotopic (exact) mass is 420 g/mol. The van der Waals surface area contributed by atoms with Crippen molar-refractivity contribution in [1.82, 2.24) is 0 Å². The summed E-state index contributed by atoms with van der Waals surface area (Å²) in [4.78, 5) is 0. The molecular weight excluding hydrogens is 372 g/mol. The summed E-state index contributed by atoms with van der Waals surface area (Å²) in [6, 6.07) is 14.1. The van der Waals surface area contributed by atoms with Gasteiger partial charge in [-0.15, -0.1) is 0 Å². The molecule has 0 saturated heterocycles. The molecule has 172 valence electrons. The molecule has 0 saturated carbocycles. The van der Waals surface area contributed by atoms with Crippen LogP contribution in [0, 0.1) is 0 Å². The predicted molar refractivity (Wildman–Crippen MR) is 140 cm³/mol. The van der Waals surface area contributed by atoms with Gasteiger partial charge in [-0.3, -0.25) is 0 Å². The van der Waals surface area contributed by atoms with Crippen LogP contribution >= 0.6 is 0 Å². The summed E-state index contributed by atoms with van der Waals surface area (Å²) in [5, 5.41) is 0. The van der Waals surface area contributed by atoms with E-state index in [0.717, 1.165) is 6.42 Å². The summed E-state index contributed by atoms with van der Waals surface area (Å²) < 4.78 is 0. The van der Waals surface area contributed by atoms with Gasteiger partial charge in [-0.1, -0.05) is 126 Å². The summed E-state index contributed by atoms with van der Waals surface area (Å²) in [7, 11) is 0. The second kappa shape index (κ2) is 8.42. The Morgan fingerprint density at radius 1 is 0.613 bits per heavy atom. The normalized spacial score (nSPS) is 14.6. The van der Waals surface area contributed by atoms with E-state index >= 15 is 0 Å². The molecule has 31 heavy (non-hydrogen) atoms. The van der Waals surface area contributed by atoms with Gasteiger partial charge in [-0.25, -0.2) is 0 Å². The van der Waals surface area contributed by atoms with Crippen LogP contribution < -0.4 is 0 Å². The molecule has 0 spiro atoms. The number of hydrogen-bond acceptors (Lipinski definition) is 0. The molecule has 2 aromatic rings. The van der Waals surface area contributed by atoms with Gasteiger partial charge in [0.1, 0.15) is 0 Å². The molecule has 0 nitrogen and oxygen atoms in total. The summed E-state index contributed by atoms with van der Waals surface area (Å²) in [6.45, 7) is 30.7. The number of rotatable bonds is 3. The fourth-order valence-corrected chi connectivity index (χ4v) is 4.87. The van der Waals surface area contributed by atoms with E-state index in [1.807, 2.05) is 0 Å². The van der Waals surface area contributed by atoms with Crippen LogP contribution in [0.5, 0.6) is 0 Å². The zero-order chi connectivity index (χ0) is 24.0. The molecule has 1 unspecified atom stereocenters. The zero-order valence-electron chi connectivity index (χ0n) is 22.7. The molecule has 0 aliphatic heterocycles. The highest BCUT2D eigenvalue weighted by Crippen LogP contribution is 2.44. The fraction of sp³-hybridized carbons (Fsp3) is 0.613. The lowest BCUT2D eigenvalue weighted by atomic mass is 9.66. The first kappa shape index (κ1) is 25.7. The van der Waals surface area contributed by atoms with Crippen molar-refractivity contribution in [2.24, 2.45) is 0 Å². The number of benzene rings is 2. The van der Waals surface area contributed by atoms with Crippen molar-refractivity contribution in [3.05, 3.63) is 69.8 Å². The van der Waals surface area contributed by atoms with Crippen molar-refractivity contribution < 1.29 is 0 Å². The van der Waals surface area contributed by atoms with Gasteiger partial charge in [0.2, 0.25) is 0 Å². The molecule has 2 aromatic carbocycles. The van der Waals surface area contributed by atoms with Crippen molar-refractivity contribution in [3.63, 3.8) is 0 Å².